The highest BCUT2D eigenvalue weighted by atomic mass is 79.9. The Morgan fingerprint density at radius 1 is 1.30 bits per heavy atom. The van der Waals surface area contributed by atoms with Crippen molar-refractivity contribution < 1.29 is 8.42 Å². The Bertz CT molecular complexity index is 684. The van der Waals surface area contributed by atoms with Crippen LogP contribution in [0.2, 0.25) is 0 Å². The minimum Gasteiger partial charge on any atom is -0.208 e. The van der Waals surface area contributed by atoms with Gasteiger partial charge < -0.3 is 0 Å². The van der Waals surface area contributed by atoms with E-state index in [0.717, 1.165) is 10.0 Å². The van der Waals surface area contributed by atoms with Gasteiger partial charge in [0, 0.05) is 15.0 Å². The monoisotopic (exact) mass is 437 g/mol. The summed E-state index contributed by atoms with van der Waals surface area (Å²) in [6.45, 7) is 1.86. The zero-order chi connectivity index (χ0) is 14.8. The van der Waals surface area contributed by atoms with Crippen LogP contribution in [0.25, 0.3) is 0 Å². The van der Waals surface area contributed by atoms with Crippen molar-refractivity contribution in [2.45, 2.75) is 24.3 Å². The molecule has 0 saturated carbocycles. The fourth-order valence-electron chi connectivity index (χ4n) is 1.83. The molecule has 1 aromatic carbocycles. The average Bonchev–Trinajstić information content (AvgIpc) is 2.79. The highest BCUT2D eigenvalue weighted by Crippen LogP contribution is 2.25. The Labute approximate surface area is 139 Å². The first-order valence-electron chi connectivity index (χ1n) is 5.87. The van der Waals surface area contributed by atoms with Crippen LogP contribution >= 0.6 is 43.2 Å². The summed E-state index contributed by atoms with van der Waals surface area (Å²) in [6.07, 6.45) is 0.677. The Hall–Kier alpha value is -0.210. The molecule has 2 aromatic rings. The van der Waals surface area contributed by atoms with Crippen LogP contribution in [0.4, 0.5) is 0 Å². The number of nitrogens with one attached hydrogen (secondary N) is 1. The van der Waals surface area contributed by atoms with E-state index in [1.807, 2.05) is 23.8 Å². The van der Waals surface area contributed by atoms with Crippen molar-refractivity contribution in [3.63, 3.8) is 0 Å². The molecule has 0 aliphatic carbocycles. The van der Waals surface area contributed by atoms with Gasteiger partial charge in [-0.15, -0.1) is 0 Å². The molecule has 0 fully saturated rings. The summed E-state index contributed by atoms with van der Waals surface area (Å²) in [5.41, 5.74) is 1.14. The fourth-order valence-corrected chi connectivity index (χ4v) is 5.50. The van der Waals surface area contributed by atoms with Gasteiger partial charge in [-0.3, -0.25) is 0 Å². The van der Waals surface area contributed by atoms with Gasteiger partial charge in [-0.05, 0) is 69.9 Å². The van der Waals surface area contributed by atoms with E-state index in [9.17, 15) is 8.42 Å². The normalized spacial score (nSPS) is 13.3. The number of thiophene rings is 1. The molecule has 1 N–H and O–H groups in total. The van der Waals surface area contributed by atoms with Crippen molar-refractivity contribution in [1.29, 1.82) is 0 Å². The minimum absolute atomic E-state index is 0.162. The maximum atomic E-state index is 12.3. The first kappa shape index (κ1) is 16.2. The molecule has 2 rings (SSSR count). The lowest BCUT2D eigenvalue weighted by Gasteiger charge is -2.14. The lowest BCUT2D eigenvalue weighted by molar-refractivity contribution is 0.559. The average molecular weight is 439 g/mol. The minimum atomic E-state index is -3.52. The first-order valence-corrected chi connectivity index (χ1v) is 9.88. The first-order chi connectivity index (χ1) is 9.38. The molecule has 20 heavy (non-hydrogen) atoms. The maximum Gasteiger partial charge on any atom is 0.241 e. The third-order valence-corrected chi connectivity index (χ3v) is 6.45. The van der Waals surface area contributed by atoms with Crippen LogP contribution in [0.1, 0.15) is 12.5 Å². The molecule has 1 heterocycles. The predicted octanol–water partition coefficient (Wildman–Crippen LogP) is 4.18. The molecule has 0 bridgehead atoms. The van der Waals surface area contributed by atoms with E-state index >= 15 is 0 Å². The van der Waals surface area contributed by atoms with E-state index in [0.29, 0.717) is 10.9 Å². The molecule has 108 valence electrons. The van der Waals surface area contributed by atoms with Gasteiger partial charge in [0.05, 0.1) is 4.90 Å². The molecule has 3 nitrogen and oxygen atoms in total. The topological polar surface area (TPSA) is 46.2 Å². The molecule has 0 saturated heterocycles. The van der Waals surface area contributed by atoms with Gasteiger partial charge in [-0.2, -0.15) is 11.3 Å². The molecule has 0 aliphatic heterocycles. The zero-order valence-corrected chi connectivity index (χ0v) is 15.4. The largest absolute Gasteiger partial charge is 0.241 e. The molecule has 0 radical (unpaired) electrons. The van der Waals surface area contributed by atoms with Crippen LogP contribution in [0, 0.1) is 0 Å². The second kappa shape index (κ2) is 6.70. The van der Waals surface area contributed by atoms with Crippen molar-refractivity contribution in [3.8, 4) is 0 Å². The van der Waals surface area contributed by atoms with Crippen molar-refractivity contribution >= 4 is 53.2 Å². The van der Waals surface area contributed by atoms with Gasteiger partial charge in [-0.25, -0.2) is 13.1 Å². The summed E-state index contributed by atoms with van der Waals surface area (Å²) in [5.74, 6) is 0. The molecular formula is C13H13Br2NO2S2. The number of halogens is 2. The van der Waals surface area contributed by atoms with Gasteiger partial charge in [0.15, 0.2) is 0 Å². The Morgan fingerprint density at radius 2 is 2.05 bits per heavy atom. The number of rotatable bonds is 5. The van der Waals surface area contributed by atoms with Crippen molar-refractivity contribution in [2.75, 3.05) is 0 Å². The van der Waals surface area contributed by atoms with Crippen LogP contribution in [0.15, 0.2) is 48.9 Å². The number of hydrogen-bond acceptors (Lipinski definition) is 3. The summed E-state index contributed by atoms with van der Waals surface area (Å²) in [4.78, 5) is 0.248. The lowest BCUT2D eigenvalue weighted by atomic mass is 10.1. The highest BCUT2D eigenvalue weighted by molar-refractivity contribution is 9.11. The molecule has 1 atom stereocenters. The van der Waals surface area contributed by atoms with Crippen LogP contribution in [0.5, 0.6) is 0 Å². The van der Waals surface area contributed by atoms with E-state index < -0.39 is 10.0 Å². The van der Waals surface area contributed by atoms with Crippen LogP contribution < -0.4 is 4.72 Å². The Kier molecular flexibility index (Phi) is 5.42. The third kappa shape index (κ3) is 4.14. The second-order valence-corrected chi connectivity index (χ2v) is 8.67. The SMILES string of the molecule is CC(Cc1ccsc1)NS(=O)(=O)c1ccc(Br)cc1Br. The summed E-state index contributed by atoms with van der Waals surface area (Å²) in [6, 6.07) is 6.85. The summed E-state index contributed by atoms with van der Waals surface area (Å²) in [7, 11) is -3.52. The van der Waals surface area contributed by atoms with Crippen molar-refractivity contribution in [3.05, 3.63) is 49.5 Å². The van der Waals surface area contributed by atoms with Crippen LogP contribution in [-0.2, 0) is 16.4 Å². The molecule has 1 unspecified atom stereocenters. The maximum absolute atomic E-state index is 12.3. The van der Waals surface area contributed by atoms with Gasteiger partial charge in [0.2, 0.25) is 10.0 Å². The molecule has 0 amide bonds. The van der Waals surface area contributed by atoms with E-state index in [1.54, 1.807) is 29.5 Å². The molecule has 0 spiro atoms. The molecular weight excluding hydrogens is 426 g/mol. The van der Waals surface area contributed by atoms with E-state index in [4.69, 9.17) is 0 Å². The van der Waals surface area contributed by atoms with Crippen molar-refractivity contribution in [1.82, 2.24) is 4.72 Å². The summed E-state index contributed by atoms with van der Waals surface area (Å²) < 4.78 is 28.8. The van der Waals surface area contributed by atoms with Crippen molar-refractivity contribution in [2.24, 2.45) is 0 Å². The quantitative estimate of drug-likeness (QED) is 0.760. The Balaban J connectivity index is 2.14. The fraction of sp³-hybridized carbons (Fsp3) is 0.231. The van der Waals surface area contributed by atoms with Gasteiger partial charge in [-0.1, -0.05) is 15.9 Å². The third-order valence-electron chi connectivity index (χ3n) is 2.66. The zero-order valence-electron chi connectivity index (χ0n) is 10.6. The predicted molar refractivity (Wildman–Crippen MR) is 89.6 cm³/mol. The van der Waals surface area contributed by atoms with E-state index in [1.165, 1.54) is 0 Å². The molecule has 0 aliphatic rings. The number of sulfonamides is 1. The Morgan fingerprint density at radius 3 is 2.65 bits per heavy atom. The standard InChI is InChI=1S/C13H13Br2NO2S2/c1-9(6-10-4-5-19-8-10)16-20(17,18)13-3-2-11(14)7-12(13)15/h2-5,7-9,16H,6H2,1H3. The van der Waals surface area contributed by atoms with E-state index in [2.05, 4.69) is 36.6 Å². The summed E-state index contributed by atoms with van der Waals surface area (Å²) in [5, 5.41) is 4.02. The van der Waals surface area contributed by atoms with Crippen LogP contribution in [-0.4, -0.2) is 14.5 Å². The van der Waals surface area contributed by atoms with Crippen LogP contribution in [0.3, 0.4) is 0 Å². The smallest absolute Gasteiger partial charge is 0.208 e. The van der Waals surface area contributed by atoms with E-state index in [-0.39, 0.29) is 10.9 Å². The highest BCUT2D eigenvalue weighted by Gasteiger charge is 2.20. The summed E-state index contributed by atoms with van der Waals surface area (Å²) >= 11 is 8.21. The van der Waals surface area contributed by atoms with Gasteiger partial charge in [0.25, 0.3) is 0 Å². The molecule has 7 heteroatoms. The lowest BCUT2D eigenvalue weighted by Crippen LogP contribution is -2.34. The molecule has 1 aromatic heterocycles. The second-order valence-electron chi connectivity index (χ2n) is 4.43. The number of hydrogen-bond donors (Lipinski definition) is 1. The number of benzene rings is 1. The van der Waals surface area contributed by atoms with Gasteiger partial charge >= 0.3 is 0 Å². The van der Waals surface area contributed by atoms with Gasteiger partial charge in [0.1, 0.15) is 0 Å².